The lowest BCUT2D eigenvalue weighted by atomic mass is 10.0. The molecule has 1 aromatic heterocycles. The standard InChI is InChI=1S/C23H17F3N2O2/c1-13-17(23(30)27-19-7-6-18(25)22(26)21(13)19)12-20(29)28-10-8-15(9-11-28)14-2-4-16(24)5-3-14/h2-10H,11-12H2,1H3,(H,27,30). The average molecular weight is 410 g/mol. The Balaban J connectivity index is 1.57. The molecule has 1 aliphatic rings. The van der Waals surface area contributed by atoms with Crippen LogP contribution in [-0.4, -0.2) is 22.3 Å². The van der Waals surface area contributed by atoms with E-state index in [1.54, 1.807) is 24.4 Å². The number of aromatic nitrogens is 1. The van der Waals surface area contributed by atoms with E-state index < -0.39 is 17.2 Å². The summed E-state index contributed by atoms with van der Waals surface area (Å²) in [6, 6.07) is 8.25. The maximum atomic E-state index is 14.3. The highest BCUT2D eigenvalue weighted by molar-refractivity contribution is 5.87. The third-order valence-corrected chi connectivity index (χ3v) is 5.21. The molecule has 1 N–H and O–H groups in total. The number of allylic oxidation sites excluding steroid dienone is 2. The SMILES string of the molecule is Cc1c(CC(=O)N2C=CC(c3ccc(F)cc3)=CC2)c(=O)[nH]c2ccc(F)c(F)c12. The summed E-state index contributed by atoms with van der Waals surface area (Å²) in [6.45, 7) is 1.77. The van der Waals surface area contributed by atoms with Gasteiger partial charge in [0, 0.05) is 23.7 Å². The number of aryl methyl sites for hydroxylation is 1. The first kappa shape index (κ1) is 19.7. The summed E-state index contributed by atoms with van der Waals surface area (Å²) in [4.78, 5) is 29.1. The summed E-state index contributed by atoms with van der Waals surface area (Å²) >= 11 is 0. The monoisotopic (exact) mass is 410 g/mol. The number of carbonyl (C=O) groups is 1. The highest BCUT2D eigenvalue weighted by atomic mass is 19.2. The Morgan fingerprint density at radius 2 is 1.83 bits per heavy atom. The molecular weight excluding hydrogens is 393 g/mol. The number of hydrogen-bond donors (Lipinski definition) is 1. The lowest BCUT2D eigenvalue weighted by Crippen LogP contribution is -2.31. The largest absolute Gasteiger partial charge is 0.322 e. The Morgan fingerprint density at radius 3 is 2.50 bits per heavy atom. The minimum atomic E-state index is -1.06. The number of fused-ring (bicyclic) bond motifs is 1. The van der Waals surface area contributed by atoms with Crippen LogP contribution in [0.3, 0.4) is 0 Å². The minimum absolute atomic E-state index is 0.0370. The topological polar surface area (TPSA) is 53.2 Å². The number of halogens is 3. The van der Waals surface area contributed by atoms with Gasteiger partial charge in [-0.05, 0) is 54.0 Å². The Labute approximate surface area is 170 Å². The van der Waals surface area contributed by atoms with Crippen LogP contribution in [0.25, 0.3) is 16.5 Å². The summed E-state index contributed by atoms with van der Waals surface area (Å²) in [5, 5.41) is -0.0370. The fourth-order valence-corrected chi connectivity index (χ4v) is 3.54. The lowest BCUT2D eigenvalue weighted by Gasteiger charge is -2.21. The van der Waals surface area contributed by atoms with E-state index in [2.05, 4.69) is 4.98 Å². The number of nitrogens with zero attached hydrogens (tertiary/aromatic N) is 1. The Kier molecular flexibility index (Phi) is 5.03. The number of hydrogen-bond acceptors (Lipinski definition) is 2. The maximum Gasteiger partial charge on any atom is 0.252 e. The summed E-state index contributed by atoms with van der Waals surface area (Å²) < 4.78 is 41.0. The molecule has 2 heterocycles. The molecule has 0 bridgehead atoms. The normalized spacial score (nSPS) is 13.6. The second-order valence-corrected chi connectivity index (χ2v) is 7.05. The second-order valence-electron chi connectivity index (χ2n) is 7.05. The number of carbonyl (C=O) groups excluding carboxylic acids is 1. The third kappa shape index (κ3) is 3.54. The van der Waals surface area contributed by atoms with Crippen LogP contribution in [0.15, 0.2) is 59.5 Å². The van der Waals surface area contributed by atoms with Crippen molar-refractivity contribution in [3.8, 4) is 0 Å². The van der Waals surface area contributed by atoms with E-state index in [4.69, 9.17) is 0 Å². The Bertz CT molecular complexity index is 1270. The molecule has 3 aromatic rings. The van der Waals surface area contributed by atoms with Crippen LogP contribution in [0.5, 0.6) is 0 Å². The van der Waals surface area contributed by atoms with E-state index in [0.29, 0.717) is 0 Å². The van der Waals surface area contributed by atoms with Gasteiger partial charge in [0.05, 0.1) is 11.9 Å². The van der Waals surface area contributed by atoms with E-state index >= 15 is 0 Å². The molecule has 1 amide bonds. The molecule has 0 unspecified atom stereocenters. The smallest absolute Gasteiger partial charge is 0.252 e. The van der Waals surface area contributed by atoms with Crippen LogP contribution >= 0.6 is 0 Å². The van der Waals surface area contributed by atoms with E-state index in [-0.39, 0.29) is 46.7 Å². The molecule has 7 heteroatoms. The van der Waals surface area contributed by atoms with Gasteiger partial charge in [0.15, 0.2) is 11.6 Å². The van der Waals surface area contributed by atoms with Crippen molar-refractivity contribution in [2.45, 2.75) is 13.3 Å². The number of nitrogens with one attached hydrogen (secondary N) is 1. The summed E-state index contributed by atoms with van der Waals surface area (Å²) in [7, 11) is 0. The lowest BCUT2D eigenvalue weighted by molar-refractivity contribution is -0.127. The molecule has 30 heavy (non-hydrogen) atoms. The number of rotatable bonds is 3. The first-order chi connectivity index (χ1) is 14.3. The fourth-order valence-electron chi connectivity index (χ4n) is 3.54. The number of amides is 1. The van der Waals surface area contributed by atoms with Crippen molar-refractivity contribution in [2.24, 2.45) is 0 Å². The zero-order valence-corrected chi connectivity index (χ0v) is 16.0. The van der Waals surface area contributed by atoms with Crippen LogP contribution in [0.2, 0.25) is 0 Å². The van der Waals surface area contributed by atoms with Crippen LogP contribution in [-0.2, 0) is 11.2 Å². The fraction of sp³-hybridized carbons (Fsp3) is 0.130. The maximum absolute atomic E-state index is 14.3. The van der Waals surface area contributed by atoms with Gasteiger partial charge in [-0.15, -0.1) is 0 Å². The van der Waals surface area contributed by atoms with Crippen molar-refractivity contribution >= 4 is 22.4 Å². The van der Waals surface area contributed by atoms with Crippen molar-refractivity contribution in [3.05, 3.63) is 99.2 Å². The minimum Gasteiger partial charge on any atom is -0.322 e. The van der Waals surface area contributed by atoms with Crippen molar-refractivity contribution in [2.75, 3.05) is 6.54 Å². The highest BCUT2D eigenvalue weighted by Gasteiger charge is 2.20. The third-order valence-electron chi connectivity index (χ3n) is 5.21. The molecule has 152 valence electrons. The number of pyridine rings is 1. The predicted octanol–water partition coefficient (Wildman–Crippen LogP) is 4.24. The molecule has 0 fully saturated rings. The molecule has 0 spiro atoms. The van der Waals surface area contributed by atoms with Crippen molar-refractivity contribution in [3.63, 3.8) is 0 Å². The number of benzene rings is 2. The highest BCUT2D eigenvalue weighted by Crippen LogP contribution is 2.24. The summed E-state index contributed by atoms with van der Waals surface area (Å²) in [5.74, 6) is -2.76. The van der Waals surface area contributed by atoms with Crippen LogP contribution < -0.4 is 5.56 Å². The molecule has 2 aromatic carbocycles. The van der Waals surface area contributed by atoms with Gasteiger partial charge in [-0.2, -0.15) is 0 Å². The molecule has 0 aliphatic carbocycles. The number of aromatic amines is 1. The molecule has 4 nitrogen and oxygen atoms in total. The molecule has 1 aliphatic heterocycles. The summed E-state index contributed by atoms with van der Waals surface area (Å²) in [5.41, 5.74) is 1.66. The Hall–Kier alpha value is -3.61. The van der Waals surface area contributed by atoms with Gasteiger partial charge in [0.25, 0.3) is 5.56 Å². The van der Waals surface area contributed by atoms with E-state index in [0.717, 1.165) is 17.2 Å². The quantitative estimate of drug-likeness (QED) is 0.703. The van der Waals surface area contributed by atoms with Gasteiger partial charge in [-0.3, -0.25) is 9.59 Å². The molecule has 0 saturated heterocycles. The zero-order valence-electron chi connectivity index (χ0n) is 16.0. The first-order valence-electron chi connectivity index (χ1n) is 9.28. The Morgan fingerprint density at radius 1 is 1.10 bits per heavy atom. The van der Waals surface area contributed by atoms with Gasteiger partial charge in [0.1, 0.15) is 5.82 Å². The predicted molar refractivity (Wildman–Crippen MR) is 108 cm³/mol. The van der Waals surface area contributed by atoms with Crippen molar-refractivity contribution in [1.82, 2.24) is 9.88 Å². The molecular formula is C23H17F3N2O2. The van der Waals surface area contributed by atoms with Crippen molar-refractivity contribution < 1.29 is 18.0 Å². The summed E-state index contributed by atoms with van der Waals surface area (Å²) in [6.07, 6.45) is 4.88. The van der Waals surface area contributed by atoms with Gasteiger partial charge in [0.2, 0.25) is 5.91 Å². The molecule has 0 atom stereocenters. The zero-order chi connectivity index (χ0) is 21.4. The van der Waals surface area contributed by atoms with E-state index in [9.17, 15) is 22.8 Å². The first-order valence-corrected chi connectivity index (χ1v) is 9.28. The van der Waals surface area contributed by atoms with Crippen LogP contribution in [0, 0.1) is 24.4 Å². The van der Waals surface area contributed by atoms with Crippen molar-refractivity contribution in [1.29, 1.82) is 0 Å². The second kappa shape index (κ2) is 7.67. The molecule has 0 radical (unpaired) electrons. The van der Waals surface area contributed by atoms with E-state index in [1.807, 2.05) is 6.08 Å². The van der Waals surface area contributed by atoms with E-state index in [1.165, 1.54) is 30.0 Å². The van der Waals surface area contributed by atoms with Gasteiger partial charge in [-0.1, -0.05) is 18.2 Å². The van der Waals surface area contributed by atoms with Gasteiger partial charge >= 0.3 is 0 Å². The van der Waals surface area contributed by atoms with Crippen LogP contribution in [0.4, 0.5) is 13.2 Å². The average Bonchev–Trinajstić information content (AvgIpc) is 2.74. The van der Waals surface area contributed by atoms with Gasteiger partial charge in [-0.25, -0.2) is 13.2 Å². The number of H-pyrrole nitrogens is 1. The molecule has 4 rings (SSSR count). The van der Waals surface area contributed by atoms with Crippen LogP contribution in [0.1, 0.15) is 16.7 Å². The molecule has 0 saturated carbocycles. The van der Waals surface area contributed by atoms with Gasteiger partial charge < -0.3 is 9.88 Å².